The van der Waals surface area contributed by atoms with Gasteiger partial charge in [-0.1, -0.05) is 42.5 Å². The number of carbonyl (C=O) groups excluding carboxylic acids is 3. The number of fused-ring (bicyclic) bond motifs is 1. The fraction of sp³-hybridized carbons (Fsp3) is 0.318. The van der Waals surface area contributed by atoms with Gasteiger partial charge < -0.3 is 15.0 Å². The van der Waals surface area contributed by atoms with Gasteiger partial charge >= 0.3 is 6.03 Å². The van der Waals surface area contributed by atoms with Crippen molar-refractivity contribution in [1.29, 1.82) is 0 Å². The minimum Gasteiger partial charge on any atom is -0.496 e. The molecule has 2 aliphatic rings. The van der Waals surface area contributed by atoms with E-state index >= 15 is 0 Å². The van der Waals surface area contributed by atoms with E-state index in [0.29, 0.717) is 18.8 Å². The molecule has 1 fully saturated rings. The number of carbonyl (C=O) groups is 3. The second-order valence-corrected chi connectivity index (χ2v) is 7.28. The van der Waals surface area contributed by atoms with Crippen LogP contribution in [0, 0.1) is 0 Å². The number of nitrogens with one attached hydrogen (secondary N) is 1. The van der Waals surface area contributed by atoms with E-state index < -0.39 is 12.1 Å². The Kier molecular flexibility index (Phi) is 5.20. The molecule has 1 atom stereocenters. The Morgan fingerprint density at radius 2 is 1.83 bits per heavy atom. The molecule has 0 spiro atoms. The third-order valence-corrected chi connectivity index (χ3v) is 5.49. The quantitative estimate of drug-likeness (QED) is 0.789. The van der Waals surface area contributed by atoms with Gasteiger partial charge in [-0.2, -0.15) is 0 Å². The number of hydrogen-bond donors (Lipinski definition) is 1. The van der Waals surface area contributed by atoms with Crippen molar-refractivity contribution in [2.75, 3.05) is 13.7 Å². The third kappa shape index (κ3) is 3.81. The number of nitrogens with zero attached hydrogens (tertiary/aromatic N) is 2. The molecule has 7 heteroatoms. The Morgan fingerprint density at radius 1 is 1.10 bits per heavy atom. The highest BCUT2D eigenvalue weighted by atomic mass is 16.5. The number of rotatable bonds is 5. The van der Waals surface area contributed by atoms with E-state index in [0.717, 1.165) is 22.4 Å². The van der Waals surface area contributed by atoms with E-state index in [4.69, 9.17) is 4.74 Å². The first-order valence-electron chi connectivity index (χ1n) is 9.65. The summed E-state index contributed by atoms with van der Waals surface area (Å²) in [6.07, 6.45) is 0.766. The molecule has 0 saturated carbocycles. The van der Waals surface area contributed by atoms with Crippen LogP contribution in [0.5, 0.6) is 5.75 Å². The second kappa shape index (κ2) is 7.95. The molecule has 2 aliphatic heterocycles. The predicted molar refractivity (Wildman–Crippen MR) is 106 cm³/mol. The number of benzene rings is 2. The monoisotopic (exact) mass is 393 g/mol. The van der Waals surface area contributed by atoms with Crippen LogP contribution in [-0.4, -0.2) is 47.3 Å². The predicted octanol–water partition coefficient (Wildman–Crippen LogP) is 2.09. The molecule has 0 bridgehead atoms. The van der Waals surface area contributed by atoms with Crippen LogP contribution in [-0.2, 0) is 29.1 Å². The van der Waals surface area contributed by atoms with E-state index in [2.05, 4.69) is 11.4 Å². The standard InChI is InChI=1S/C22H23N3O4/c1-29-19-9-5-4-8-17(19)14-25-21(27)18(23-22(25)28)12-20(26)24-11-10-15-6-2-3-7-16(15)13-24/h2-9,18H,10-14H2,1H3,(H,23,28). The van der Waals surface area contributed by atoms with Crippen molar-refractivity contribution in [2.24, 2.45) is 0 Å². The molecular weight excluding hydrogens is 370 g/mol. The molecule has 7 nitrogen and oxygen atoms in total. The van der Waals surface area contributed by atoms with Crippen LogP contribution >= 0.6 is 0 Å². The summed E-state index contributed by atoms with van der Waals surface area (Å²) < 4.78 is 5.30. The smallest absolute Gasteiger partial charge is 0.325 e. The molecule has 2 heterocycles. The van der Waals surface area contributed by atoms with Crippen molar-refractivity contribution in [3.63, 3.8) is 0 Å². The maximum absolute atomic E-state index is 12.8. The van der Waals surface area contributed by atoms with Gasteiger partial charge in [0.05, 0.1) is 20.1 Å². The fourth-order valence-corrected chi connectivity index (χ4v) is 3.88. The first-order chi connectivity index (χ1) is 14.1. The summed E-state index contributed by atoms with van der Waals surface area (Å²) in [7, 11) is 1.54. The van der Waals surface area contributed by atoms with E-state index in [1.165, 1.54) is 5.56 Å². The highest BCUT2D eigenvalue weighted by Gasteiger charge is 2.40. The van der Waals surface area contributed by atoms with Gasteiger partial charge in [0, 0.05) is 18.7 Å². The summed E-state index contributed by atoms with van der Waals surface area (Å²) in [6, 6.07) is 14.0. The summed E-state index contributed by atoms with van der Waals surface area (Å²) in [5.74, 6) is 0.101. The molecule has 2 aromatic carbocycles. The Bertz CT molecular complexity index is 959. The molecule has 0 radical (unpaired) electrons. The van der Waals surface area contributed by atoms with Gasteiger partial charge in [-0.15, -0.1) is 0 Å². The normalized spacial score (nSPS) is 18.4. The minimum atomic E-state index is -0.832. The maximum atomic E-state index is 12.8. The lowest BCUT2D eigenvalue weighted by Gasteiger charge is -2.29. The number of ether oxygens (including phenoxy) is 1. The zero-order valence-corrected chi connectivity index (χ0v) is 16.3. The highest BCUT2D eigenvalue weighted by molar-refractivity contribution is 6.05. The van der Waals surface area contributed by atoms with Gasteiger partial charge in [0.15, 0.2) is 0 Å². The highest BCUT2D eigenvalue weighted by Crippen LogP contribution is 2.23. The van der Waals surface area contributed by atoms with Crippen LogP contribution in [0.4, 0.5) is 4.79 Å². The molecule has 4 amide bonds. The van der Waals surface area contributed by atoms with E-state index in [1.807, 2.05) is 36.4 Å². The Morgan fingerprint density at radius 3 is 2.62 bits per heavy atom. The first kappa shape index (κ1) is 19.0. The van der Waals surface area contributed by atoms with Gasteiger partial charge in [0.2, 0.25) is 5.91 Å². The molecule has 150 valence electrons. The molecule has 1 unspecified atom stereocenters. The lowest BCUT2D eigenvalue weighted by atomic mass is 9.99. The number of para-hydroxylation sites is 1. The van der Waals surface area contributed by atoms with Crippen LogP contribution in [0.2, 0.25) is 0 Å². The molecule has 0 aliphatic carbocycles. The van der Waals surface area contributed by atoms with Gasteiger partial charge in [-0.05, 0) is 23.6 Å². The topological polar surface area (TPSA) is 79.0 Å². The SMILES string of the molecule is COc1ccccc1CN1C(=O)NC(CC(=O)N2CCc3ccccc3C2)C1=O. The Balaban J connectivity index is 1.41. The third-order valence-electron chi connectivity index (χ3n) is 5.49. The summed E-state index contributed by atoms with van der Waals surface area (Å²) in [5, 5.41) is 2.65. The fourth-order valence-electron chi connectivity index (χ4n) is 3.88. The van der Waals surface area contributed by atoms with Crippen molar-refractivity contribution in [3.8, 4) is 5.75 Å². The first-order valence-corrected chi connectivity index (χ1v) is 9.65. The van der Waals surface area contributed by atoms with Crippen molar-refractivity contribution < 1.29 is 19.1 Å². The molecule has 29 heavy (non-hydrogen) atoms. The maximum Gasteiger partial charge on any atom is 0.325 e. The number of methoxy groups -OCH3 is 1. The number of hydrogen-bond acceptors (Lipinski definition) is 4. The summed E-state index contributed by atoms with van der Waals surface area (Å²) in [4.78, 5) is 40.8. The minimum absolute atomic E-state index is 0.0326. The lowest BCUT2D eigenvalue weighted by Crippen LogP contribution is -2.41. The van der Waals surface area contributed by atoms with Crippen LogP contribution < -0.4 is 10.1 Å². The molecular formula is C22H23N3O4. The van der Waals surface area contributed by atoms with Crippen LogP contribution in [0.3, 0.4) is 0 Å². The zero-order chi connectivity index (χ0) is 20.4. The Hall–Kier alpha value is -3.35. The summed E-state index contributed by atoms with van der Waals surface area (Å²) in [6.45, 7) is 1.26. The number of urea groups is 1. The zero-order valence-electron chi connectivity index (χ0n) is 16.3. The number of amides is 4. The van der Waals surface area contributed by atoms with Crippen molar-refractivity contribution in [2.45, 2.75) is 32.0 Å². The van der Waals surface area contributed by atoms with Gasteiger partial charge in [-0.25, -0.2) is 4.79 Å². The van der Waals surface area contributed by atoms with Crippen molar-refractivity contribution >= 4 is 17.8 Å². The molecule has 0 aromatic heterocycles. The Labute approximate surface area is 169 Å². The van der Waals surface area contributed by atoms with Crippen LogP contribution in [0.1, 0.15) is 23.1 Å². The average molecular weight is 393 g/mol. The molecule has 2 aromatic rings. The molecule has 1 N–H and O–H groups in total. The van der Waals surface area contributed by atoms with E-state index in [-0.39, 0.29) is 24.8 Å². The lowest BCUT2D eigenvalue weighted by molar-refractivity contribution is -0.136. The van der Waals surface area contributed by atoms with Gasteiger partial charge in [0.25, 0.3) is 5.91 Å². The van der Waals surface area contributed by atoms with Gasteiger partial charge in [-0.3, -0.25) is 14.5 Å². The second-order valence-electron chi connectivity index (χ2n) is 7.28. The average Bonchev–Trinajstić information content (AvgIpc) is 3.01. The van der Waals surface area contributed by atoms with Crippen molar-refractivity contribution in [3.05, 3.63) is 65.2 Å². The van der Waals surface area contributed by atoms with Gasteiger partial charge in [0.1, 0.15) is 11.8 Å². The molecule has 1 saturated heterocycles. The summed E-state index contributed by atoms with van der Waals surface area (Å²) in [5.41, 5.74) is 3.12. The summed E-state index contributed by atoms with van der Waals surface area (Å²) >= 11 is 0. The molecule has 4 rings (SSSR count). The number of imide groups is 1. The van der Waals surface area contributed by atoms with Crippen LogP contribution in [0.25, 0.3) is 0 Å². The van der Waals surface area contributed by atoms with Crippen molar-refractivity contribution in [1.82, 2.24) is 15.1 Å². The largest absolute Gasteiger partial charge is 0.496 e. The van der Waals surface area contributed by atoms with E-state index in [9.17, 15) is 14.4 Å². The van der Waals surface area contributed by atoms with Crippen LogP contribution in [0.15, 0.2) is 48.5 Å². The van der Waals surface area contributed by atoms with E-state index in [1.54, 1.807) is 18.1 Å².